The van der Waals surface area contributed by atoms with Crippen LogP contribution >= 0.6 is 27.3 Å². The number of thiazole rings is 1. The Labute approximate surface area is 219 Å². The molecule has 2 heterocycles. The third-order valence-electron chi connectivity index (χ3n) is 5.84. The van der Waals surface area contributed by atoms with Crippen LogP contribution in [-0.2, 0) is 9.59 Å². The van der Waals surface area contributed by atoms with Crippen LogP contribution < -0.4 is 14.4 Å². The lowest BCUT2D eigenvalue weighted by Crippen LogP contribution is -2.29. The molecule has 1 aliphatic rings. The van der Waals surface area contributed by atoms with Gasteiger partial charge in [0.1, 0.15) is 17.3 Å². The summed E-state index contributed by atoms with van der Waals surface area (Å²) >= 11 is 4.71. The summed E-state index contributed by atoms with van der Waals surface area (Å²) in [6.07, 6.45) is 0. The van der Waals surface area contributed by atoms with Gasteiger partial charge in [-0.1, -0.05) is 51.5 Å². The van der Waals surface area contributed by atoms with Gasteiger partial charge in [0.15, 0.2) is 5.13 Å². The maximum atomic E-state index is 13.4. The Kier molecular flexibility index (Phi) is 6.51. The minimum atomic E-state index is -0.865. The van der Waals surface area contributed by atoms with E-state index in [0.29, 0.717) is 39.9 Å². The number of benzene rings is 3. The van der Waals surface area contributed by atoms with Gasteiger partial charge in [-0.25, -0.2) is 4.98 Å². The Morgan fingerprint density at radius 3 is 2.58 bits per heavy atom. The van der Waals surface area contributed by atoms with Gasteiger partial charge in [0.05, 0.1) is 35.5 Å². The highest BCUT2D eigenvalue weighted by atomic mass is 79.9. The van der Waals surface area contributed by atoms with Gasteiger partial charge in [0.2, 0.25) is 0 Å². The summed E-state index contributed by atoms with van der Waals surface area (Å²) in [6, 6.07) is 18.7. The summed E-state index contributed by atoms with van der Waals surface area (Å²) in [5, 5.41) is 11.7. The molecular formula is C27H21BrN2O5S. The Morgan fingerprint density at radius 2 is 1.86 bits per heavy atom. The number of aliphatic hydroxyl groups is 1. The minimum Gasteiger partial charge on any atom is -0.507 e. The van der Waals surface area contributed by atoms with Crippen LogP contribution in [0.2, 0.25) is 0 Å². The molecule has 0 aliphatic carbocycles. The van der Waals surface area contributed by atoms with E-state index >= 15 is 0 Å². The Bertz CT molecular complexity index is 1510. The zero-order chi connectivity index (χ0) is 25.4. The second-order valence-electron chi connectivity index (χ2n) is 8.01. The normalized spacial score (nSPS) is 17.1. The topological polar surface area (TPSA) is 89.0 Å². The number of anilines is 1. The smallest absolute Gasteiger partial charge is 0.301 e. The average molecular weight is 565 g/mol. The summed E-state index contributed by atoms with van der Waals surface area (Å²) < 4.78 is 12.5. The number of Topliss-reactive ketones (excluding diaryl/α,β-unsaturated/α-hetero) is 1. The molecule has 4 aromatic rings. The highest BCUT2D eigenvalue weighted by Gasteiger charge is 2.48. The molecule has 0 bridgehead atoms. The van der Waals surface area contributed by atoms with Gasteiger partial charge in [-0.15, -0.1) is 0 Å². The summed E-state index contributed by atoms with van der Waals surface area (Å²) in [6.45, 7) is 2.31. The van der Waals surface area contributed by atoms with Crippen LogP contribution in [0, 0.1) is 0 Å². The van der Waals surface area contributed by atoms with E-state index in [1.807, 2.05) is 37.3 Å². The molecule has 1 atom stereocenters. The molecule has 0 saturated carbocycles. The standard InChI is InChI=1S/C27H21BrN2O5S/c1-3-35-19-6-4-5-16(13-19)24(31)22-23(15-7-9-17(28)10-8-15)30(26(33)25(22)32)27-29-20-12-11-18(34-2)14-21(20)36-27/h4-14,23,31H,3H2,1-2H3/b24-22+. The van der Waals surface area contributed by atoms with Crippen LogP contribution in [0.4, 0.5) is 5.13 Å². The lowest BCUT2D eigenvalue weighted by Gasteiger charge is -2.23. The fraction of sp³-hybridized carbons (Fsp3) is 0.148. The second-order valence-corrected chi connectivity index (χ2v) is 9.94. The van der Waals surface area contributed by atoms with Gasteiger partial charge in [0.25, 0.3) is 5.78 Å². The van der Waals surface area contributed by atoms with Crippen LogP contribution in [0.1, 0.15) is 24.1 Å². The summed E-state index contributed by atoms with van der Waals surface area (Å²) in [4.78, 5) is 32.8. The summed E-state index contributed by atoms with van der Waals surface area (Å²) in [7, 11) is 1.58. The molecule has 9 heteroatoms. The number of fused-ring (bicyclic) bond motifs is 1. The molecule has 0 spiro atoms. The number of methoxy groups -OCH3 is 1. The van der Waals surface area contributed by atoms with Crippen molar-refractivity contribution in [2.24, 2.45) is 0 Å². The van der Waals surface area contributed by atoms with Crippen LogP contribution in [0.3, 0.4) is 0 Å². The zero-order valence-electron chi connectivity index (χ0n) is 19.4. The fourth-order valence-corrected chi connectivity index (χ4v) is 5.45. The number of hydrogen-bond donors (Lipinski definition) is 1. The molecule has 5 rings (SSSR count). The van der Waals surface area contributed by atoms with E-state index in [0.717, 1.165) is 9.17 Å². The SMILES string of the molecule is CCOc1cccc(/C(O)=C2\C(=O)C(=O)N(c3nc4ccc(OC)cc4s3)C2c2ccc(Br)cc2)c1. The molecule has 1 aliphatic heterocycles. The first-order valence-corrected chi connectivity index (χ1v) is 12.8. The van der Waals surface area contributed by atoms with Crippen molar-refractivity contribution in [1.82, 2.24) is 4.98 Å². The van der Waals surface area contributed by atoms with E-state index in [4.69, 9.17) is 9.47 Å². The molecule has 36 heavy (non-hydrogen) atoms. The largest absolute Gasteiger partial charge is 0.507 e. The van der Waals surface area contributed by atoms with Gasteiger partial charge in [-0.2, -0.15) is 0 Å². The van der Waals surface area contributed by atoms with Gasteiger partial charge in [0, 0.05) is 10.0 Å². The van der Waals surface area contributed by atoms with Crippen molar-refractivity contribution >= 4 is 60.1 Å². The number of carbonyl (C=O) groups is 2. The quantitative estimate of drug-likeness (QED) is 0.173. The molecule has 7 nitrogen and oxygen atoms in total. The van der Waals surface area contributed by atoms with Crippen molar-refractivity contribution in [3.8, 4) is 11.5 Å². The number of aliphatic hydroxyl groups excluding tert-OH is 1. The van der Waals surface area contributed by atoms with Crippen LogP contribution in [-0.4, -0.2) is 35.5 Å². The first-order chi connectivity index (χ1) is 17.4. The third-order valence-corrected chi connectivity index (χ3v) is 7.39. The number of nitrogens with zero attached hydrogens (tertiary/aromatic N) is 2. The molecule has 1 saturated heterocycles. The maximum Gasteiger partial charge on any atom is 0.301 e. The molecule has 1 unspecified atom stereocenters. The number of ketones is 1. The molecular weight excluding hydrogens is 544 g/mol. The number of rotatable bonds is 6. The van der Waals surface area contributed by atoms with Crippen molar-refractivity contribution in [1.29, 1.82) is 0 Å². The van der Waals surface area contributed by atoms with Crippen LogP contribution in [0.25, 0.3) is 16.0 Å². The van der Waals surface area contributed by atoms with E-state index in [1.165, 1.54) is 16.2 Å². The Balaban J connectivity index is 1.69. The predicted octanol–water partition coefficient (Wildman–Crippen LogP) is 6.09. The second kappa shape index (κ2) is 9.75. The van der Waals surface area contributed by atoms with E-state index < -0.39 is 17.7 Å². The van der Waals surface area contributed by atoms with Crippen molar-refractivity contribution in [3.63, 3.8) is 0 Å². The van der Waals surface area contributed by atoms with Crippen molar-refractivity contribution in [2.75, 3.05) is 18.6 Å². The van der Waals surface area contributed by atoms with Crippen molar-refractivity contribution < 1.29 is 24.2 Å². The lowest BCUT2D eigenvalue weighted by molar-refractivity contribution is -0.132. The van der Waals surface area contributed by atoms with E-state index in [1.54, 1.807) is 43.5 Å². The Morgan fingerprint density at radius 1 is 1.08 bits per heavy atom. The lowest BCUT2D eigenvalue weighted by atomic mass is 9.95. The molecule has 182 valence electrons. The summed E-state index contributed by atoms with van der Waals surface area (Å²) in [5.41, 5.74) is 1.72. The first-order valence-electron chi connectivity index (χ1n) is 11.2. The molecule has 3 aromatic carbocycles. The number of carbonyl (C=O) groups excluding carboxylic acids is 2. The number of amides is 1. The predicted molar refractivity (Wildman–Crippen MR) is 143 cm³/mol. The molecule has 1 aromatic heterocycles. The van der Waals surface area contributed by atoms with Crippen LogP contribution in [0.15, 0.2) is 76.8 Å². The maximum absolute atomic E-state index is 13.4. The average Bonchev–Trinajstić information content (AvgIpc) is 3.42. The molecule has 1 fully saturated rings. The van der Waals surface area contributed by atoms with Crippen molar-refractivity contribution in [3.05, 3.63) is 87.9 Å². The number of halogens is 1. The number of aromatic nitrogens is 1. The fourth-order valence-electron chi connectivity index (χ4n) is 4.17. The third kappa shape index (κ3) is 4.25. The molecule has 1 N–H and O–H groups in total. The van der Waals surface area contributed by atoms with E-state index in [9.17, 15) is 14.7 Å². The van der Waals surface area contributed by atoms with Gasteiger partial charge in [-0.3, -0.25) is 14.5 Å². The first kappa shape index (κ1) is 24.0. The molecule has 1 amide bonds. The highest BCUT2D eigenvalue weighted by molar-refractivity contribution is 9.10. The van der Waals surface area contributed by atoms with Gasteiger partial charge < -0.3 is 14.6 Å². The van der Waals surface area contributed by atoms with Gasteiger partial charge >= 0.3 is 5.91 Å². The number of hydrogen-bond acceptors (Lipinski definition) is 7. The summed E-state index contributed by atoms with van der Waals surface area (Å²) in [5.74, 6) is -0.585. The van der Waals surface area contributed by atoms with E-state index in [2.05, 4.69) is 20.9 Å². The number of ether oxygens (including phenoxy) is 2. The van der Waals surface area contributed by atoms with Crippen LogP contribution in [0.5, 0.6) is 11.5 Å². The highest BCUT2D eigenvalue weighted by Crippen LogP contribution is 2.45. The van der Waals surface area contributed by atoms with Crippen molar-refractivity contribution in [2.45, 2.75) is 13.0 Å². The minimum absolute atomic E-state index is 0.00666. The molecule has 0 radical (unpaired) electrons. The van der Waals surface area contributed by atoms with Gasteiger partial charge in [-0.05, 0) is 55.0 Å². The zero-order valence-corrected chi connectivity index (χ0v) is 21.8. The monoisotopic (exact) mass is 564 g/mol. The Hall–Kier alpha value is -3.69. The van der Waals surface area contributed by atoms with E-state index in [-0.39, 0.29) is 11.3 Å².